The Balaban J connectivity index is 1.44. The third kappa shape index (κ3) is 2.20. The number of nitrogens with zero attached hydrogens (tertiary/aromatic N) is 2. The molecule has 2 fully saturated rings. The van der Waals surface area contributed by atoms with Gasteiger partial charge in [0.25, 0.3) is 0 Å². The molecule has 3 aliphatic heterocycles. The molecule has 0 spiro atoms. The van der Waals surface area contributed by atoms with Gasteiger partial charge in [-0.25, -0.2) is 0 Å². The van der Waals surface area contributed by atoms with Crippen LogP contribution in [0.4, 0.5) is 5.69 Å². The molecule has 2 bridgehead atoms. The van der Waals surface area contributed by atoms with Gasteiger partial charge in [-0.3, -0.25) is 14.5 Å². The molecule has 29 heavy (non-hydrogen) atoms. The Morgan fingerprint density at radius 2 is 1.10 bits per heavy atom. The van der Waals surface area contributed by atoms with E-state index < -0.39 is 0 Å². The molecule has 0 saturated carbocycles. The number of hydrogen-bond donors (Lipinski definition) is 0. The van der Waals surface area contributed by atoms with E-state index in [9.17, 15) is 9.59 Å². The number of carbonyl (C=O) groups is 2. The topological polar surface area (TPSA) is 40.6 Å². The van der Waals surface area contributed by atoms with Crippen LogP contribution in [-0.2, 0) is 16.1 Å². The van der Waals surface area contributed by atoms with Gasteiger partial charge in [-0.15, -0.1) is 0 Å². The predicted octanol–water partition coefficient (Wildman–Crippen LogP) is 4.10. The summed E-state index contributed by atoms with van der Waals surface area (Å²) in [4.78, 5) is 30.7. The van der Waals surface area contributed by atoms with Gasteiger partial charge < -0.3 is 4.90 Å². The number of amides is 2. The summed E-state index contributed by atoms with van der Waals surface area (Å²) in [5.74, 6) is -0.698. The zero-order valence-electron chi connectivity index (χ0n) is 15.8. The van der Waals surface area contributed by atoms with E-state index in [-0.39, 0.29) is 35.7 Å². The molecule has 3 aromatic rings. The summed E-state index contributed by atoms with van der Waals surface area (Å²) in [5, 5.41) is 0. The SMILES string of the molecule is O=C1[C@@H]2[C@H](C(=O)N1Cc1ccccc1)[C@@H]1c3ccccc3[C@H]2N1c1ccccc1. The molecule has 6 rings (SSSR count). The maximum Gasteiger partial charge on any atom is 0.235 e. The lowest BCUT2D eigenvalue weighted by Gasteiger charge is -2.28. The quantitative estimate of drug-likeness (QED) is 0.642. The van der Waals surface area contributed by atoms with Crippen molar-refractivity contribution in [2.75, 3.05) is 4.90 Å². The minimum Gasteiger partial charge on any atom is -0.356 e. The van der Waals surface area contributed by atoms with E-state index in [0.717, 1.165) is 11.3 Å². The van der Waals surface area contributed by atoms with Gasteiger partial charge in [0.15, 0.2) is 0 Å². The normalized spacial score (nSPS) is 26.8. The van der Waals surface area contributed by atoms with Crippen molar-refractivity contribution in [2.24, 2.45) is 11.8 Å². The number of para-hydroxylation sites is 1. The molecule has 2 amide bonds. The maximum atomic E-state index is 13.5. The second-order valence-electron chi connectivity index (χ2n) is 8.06. The first-order chi connectivity index (χ1) is 14.3. The molecule has 2 saturated heterocycles. The van der Waals surface area contributed by atoms with Crippen LogP contribution in [0.2, 0.25) is 0 Å². The van der Waals surface area contributed by atoms with Crippen LogP contribution < -0.4 is 4.90 Å². The average Bonchev–Trinajstić information content (AvgIpc) is 3.37. The van der Waals surface area contributed by atoms with Crippen molar-refractivity contribution >= 4 is 17.5 Å². The lowest BCUT2D eigenvalue weighted by atomic mass is 9.77. The summed E-state index contributed by atoms with van der Waals surface area (Å²) in [6, 6.07) is 28.0. The minimum atomic E-state index is -0.314. The first-order valence-electron chi connectivity index (χ1n) is 10.1. The van der Waals surface area contributed by atoms with Gasteiger partial charge in [0.05, 0.1) is 30.5 Å². The molecule has 0 radical (unpaired) electrons. The van der Waals surface area contributed by atoms with Gasteiger partial charge in [0.2, 0.25) is 11.8 Å². The van der Waals surface area contributed by atoms with E-state index in [0.29, 0.717) is 6.54 Å². The molecule has 142 valence electrons. The summed E-state index contributed by atoms with van der Waals surface area (Å²) in [5.41, 5.74) is 4.43. The average molecular weight is 380 g/mol. The zero-order valence-corrected chi connectivity index (χ0v) is 15.8. The van der Waals surface area contributed by atoms with E-state index in [2.05, 4.69) is 29.2 Å². The summed E-state index contributed by atoms with van der Waals surface area (Å²) >= 11 is 0. The third-order valence-corrected chi connectivity index (χ3v) is 6.64. The van der Waals surface area contributed by atoms with Crippen LogP contribution in [0.5, 0.6) is 0 Å². The molecule has 4 nitrogen and oxygen atoms in total. The fraction of sp³-hybridized carbons (Fsp3) is 0.200. The third-order valence-electron chi connectivity index (χ3n) is 6.64. The second-order valence-corrected chi connectivity index (χ2v) is 8.06. The van der Waals surface area contributed by atoms with Crippen LogP contribution in [0.3, 0.4) is 0 Å². The van der Waals surface area contributed by atoms with E-state index in [1.54, 1.807) is 0 Å². The summed E-state index contributed by atoms with van der Waals surface area (Å²) < 4.78 is 0. The molecular formula is C25H20N2O2. The number of benzene rings is 3. The van der Waals surface area contributed by atoms with Crippen LogP contribution >= 0.6 is 0 Å². The van der Waals surface area contributed by atoms with E-state index in [1.165, 1.54) is 16.0 Å². The molecule has 4 atom stereocenters. The molecular weight excluding hydrogens is 360 g/mol. The van der Waals surface area contributed by atoms with Crippen LogP contribution in [0.1, 0.15) is 28.8 Å². The van der Waals surface area contributed by atoms with Crippen molar-refractivity contribution in [1.29, 1.82) is 0 Å². The first-order valence-corrected chi connectivity index (χ1v) is 10.1. The largest absolute Gasteiger partial charge is 0.356 e. The molecule has 3 aliphatic rings. The number of fused-ring (bicyclic) bond motifs is 8. The summed E-state index contributed by atoms with van der Waals surface area (Å²) in [7, 11) is 0. The highest BCUT2D eigenvalue weighted by atomic mass is 16.2. The van der Waals surface area contributed by atoms with Gasteiger partial charge in [0.1, 0.15) is 0 Å². The number of hydrogen-bond acceptors (Lipinski definition) is 3. The molecule has 0 unspecified atom stereocenters. The van der Waals surface area contributed by atoms with Crippen LogP contribution in [-0.4, -0.2) is 16.7 Å². The Labute approximate surface area is 169 Å². The number of likely N-dealkylation sites (tertiary alicyclic amines) is 1. The first kappa shape index (κ1) is 16.5. The van der Waals surface area contributed by atoms with Gasteiger partial charge in [-0.1, -0.05) is 72.8 Å². The van der Waals surface area contributed by atoms with E-state index in [4.69, 9.17) is 0 Å². The van der Waals surface area contributed by atoms with Gasteiger partial charge in [-0.2, -0.15) is 0 Å². The number of anilines is 1. The monoisotopic (exact) mass is 380 g/mol. The van der Waals surface area contributed by atoms with E-state index in [1.807, 2.05) is 60.7 Å². The maximum absolute atomic E-state index is 13.5. The van der Waals surface area contributed by atoms with Gasteiger partial charge in [0, 0.05) is 5.69 Å². The number of rotatable bonds is 3. The van der Waals surface area contributed by atoms with Crippen molar-refractivity contribution in [2.45, 2.75) is 18.6 Å². The van der Waals surface area contributed by atoms with E-state index >= 15 is 0 Å². The fourth-order valence-electron chi connectivity index (χ4n) is 5.54. The minimum absolute atomic E-state index is 0.0354. The fourth-order valence-corrected chi connectivity index (χ4v) is 5.54. The Hall–Kier alpha value is -3.40. The summed E-state index contributed by atoms with van der Waals surface area (Å²) in [6.45, 7) is 0.354. The highest BCUT2D eigenvalue weighted by Gasteiger charge is 2.66. The highest BCUT2D eigenvalue weighted by Crippen LogP contribution is 2.63. The van der Waals surface area contributed by atoms with Crippen molar-refractivity contribution in [1.82, 2.24) is 4.90 Å². The predicted molar refractivity (Wildman–Crippen MR) is 110 cm³/mol. The number of carbonyl (C=O) groups excluding carboxylic acids is 2. The van der Waals surface area contributed by atoms with Crippen molar-refractivity contribution < 1.29 is 9.59 Å². The van der Waals surface area contributed by atoms with Crippen LogP contribution in [0.25, 0.3) is 0 Å². The Morgan fingerprint density at radius 1 is 0.621 bits per heavy atom. The molecule has 4 heteroatoms. The molecule has 0 N–H and O–H groups in total. The number of imide groups is 1. The van der Waals surface area contributed by atoms with Crippen molar-refractivity contribution in [3.05, 3.63) is 102 Å². The molecule has 0 aliphatic carbocycles. The van der Waals surface area contributed by atoms with Crippen LogP contribution in [0.15, 0.2) is 84.9 Å². The van der Waals surface area contributed by atoms with Gasteiger partial charge >= 0.3 is 0 Å². The summed E-state index contributed by atoms with van der Waals surface area (Å²) in [6.07, 6.45) is 0. The Morgan fingerprint density at radius 3 is 1.66 bits per heavy atom. The van der Waals surface area contributed by atoms with Gasteiger partial charge in [-0.05, 0) is 28.8 Å². The lowest BCUT2D eigenvalue weighted by molar-refractivity contribution is -0.141. The standard InChI is InChI=1S/C25H20N2O2/c28-24-20-21(25(29)26(24)15-16-9-3-1-4-10-16)23-19-14-8-7-13-18(19)22(20)27(23)17-11-5-2-6-12-17/h1-14,20-23H,15H2/t20-,21+,22-,23+. The molecule has 3 aromatic carbocycles. The zero-order chi connectivity index (χ0) is 19.5. The Bertz CT molecular complexity index is 1060. The highest BCUT2D eigenvalue weighted by molar-refractivity contribution is 6.08. The molecule has 3 heterocycles. The smallest absolute Gasteiger partial charge is 0.235 e. The second kappa shape index (κ2) is 6.05. The lowest BCUT2D eigenvalue weighted by Crippen LogP contribution is -2.35. The van der Waals surface area contributed by atoms with Crippen molar-refractivity contribution in [3.8, 4) is 0 Å². The molecule has 0 aromatic heterocycles. The van der Waals surface area contributed by atoms with Crippen LogP contribution in [0, 0.1) is 11.8 Å². The Kier molecular flexibility index (Phi) is 3.45. The van der Waals surface area contributed by atoms with Crippen molar-refractivity contribution in [3.63, 3.8) is 0 Å².